The largest absolute Gasteiger partial charge is 0.403 e. The van der Waals surface area contributed by atoms with E-state index in [-0.39, 0.29) is 23.3 Å². The summed E-state index contributed by atoms with van der Waals surface area (Å²) in [6.45, 7) is 9.74. The molecule has 2 aromatic carbocycles. The molecule has 2 aromatic heterocycles. The van der Waals surface area contributed by atoms with Crippen molar-refractivity contribution in [3.8, 4) is 22.6 Å². The SMILES string of the molecule is C=C(C)/C=c1\c(=C/C)cc(-c2cc(Nc3nnc(-c4ccc(F)cc4)o3)ccc2C)c(=O)n1C. The van der Waals surface area contributed by atoms with E-state index in [1.165, 1.54) is 12.1 Å². The summed E-state index contributed by atoms with van der Waals surface area (Å²) in [6.07, 6.45) is 3.88. The van der Waals surface area contributed by atoms with Crippen LogP contribution in [0.1, 0.15) is 19.4 Å². The van der Waals surface area contributed by atoms with E-state index in [0.29, 0.717) is 16.8 Å². The van der Waals surface area contributed by atoms with Crippen molar-refractivity contribution in [1.29, 1.82) is 0 Å². The van der Waals surface area contributed by atoms with Gasteiger partial charge in [-0.15, -0.1) is 5.10 Å². The average Bonchev–Trinajstić information content (AvgIpc) is 3.27. The van der Waals surface area contributed by atoms with Gasteiger partial charge in [0.1, 0.15) is 5.82 Å². The van der Waals surface area contributed by atoms with Crippen molar-refractivity contribution < 1.29 is 8.81 Å². The van der Waals surface area contributed by atoms with E-state index in [1.54, 1.807) is 23.7 Å². The molecule has 4 aromatic rings. The van der Waals surface area contributed by atoms with Crippen LogP contribution in [0.2, 0.25) is 0 Å². The highest BCUT2D eigenvalue weighted by atomic mass is 19.1. The number of nitrogens with zero attached hydrogens (tertiary/aromatic N) is 3. The van der Waals surface area contributed by atoms with Gasteiger partial charge in [0.15, 0.2) is 0 Å². The van der Waals surface area contributed by atoms with Gasteiger partial charge in [-0.05, 0) is 85.7 Å². The van der Waals surface area contributed by atoms with Gasteiger partial charge in [-0.3, -0.25) is 4.79 Å². The number of benzene rings is 2. The summed E-state index contributed by atoms with van der Waals surface area (Å²) in [4.78, 5) is 13.3. The maximum absolute atomic E-state index is 13.3. The van der Waals surface area contributed by atoms with Gasteiger partial charge in [0.2, 0.25) is 5.89 Å². The van der Waals surface area contributed by atoms with Gasteiger partial charge < -0.3 is 14.3 Å². The highest BCUT2D eigenvalue weighted by molar-refractivity contribution is 5.72. The zero-order valence-electron chi connectivity index (χ0n) is 19.5. The lowest BCUT2D eigenvalue weighted by Crippen LogP contribution is -2.42. The van der Waals surface area contributed by atoms with Gasteiger partial charge in [-0.25, -0.2) is 4.39 Å². The lowest BCUT2D eigenvalue weighted by molar-refractivity contribution is 0.587. The van der Waals surface area contributed by atoms with Crippen LogP contribution in [0.3, 0.4) is 0 Å². The van der Waals surface area contributed by atoms with Crippen molar-refractivity contribution in [2.45, 2.75) is 20.8 Å². The van der Waals surface area contributed by atoms with Crippen molar-refractivity contribution >= 4 is 23.9 Å². The fourth-order valence-electron chi connectivity index (χ4n) is 3.71. The number of aromatic nitrogens is 3. The van der Waals surface area contributed by atoms with Crippen molar-refractivity contribution in [3.63, 3.8) is 0 Å². The third-order valence-corrected chi connectivity index (χ3v) is 5.48. The lowest BCUT2D eigenvalue weighted by atomic mass is 10.00. The van der Waals surface area contributed by atoms with Crippen LogP contribution in [0.15, 0.2) is 69.9 Å². The molecule has 0 radical (unpaired) electrons. The van der Waals surface area contributed by atoms with Crippen molar-refractivity contribution in [3.05, 3.63) is 93.0 Å². The zero-order chi connectivity index (χ0) is 24.4. The normalized spacial score (nSPS) is 12.3. The maximum Gasteiger partial charge on any atom is 0.320 e. The number of allylic oxidation sites excluding steroid dienone is 1. The Morgan fingerprint density at radius 2 is 1.85 bits per heavy atom. The van der Waals surface area contributed by atoms with Crippen LogP contribution in [-0.4, -0.2) is 14.8 Å². The highest BCUT2D eigenvalue weighted by Crippen LogP contribution is 2.27. The maximum atomic E-state index is 13.3. The van der Waals surface area contributed by atoms with Crippen LogP contribution in [0, 0.1) is 12.7 Å². The Hall–Kier alpha value is -4.26. The molecule has 0 aliphatic heterocycles. The molecule has 0 spiro atoms. The smallest absolute Gasteiger partial charge is 0.320 e. The van der Waals surface area contributed by atoms with E-state index in [1.807, 2.05) is 57.2 Å². The molecule has 0 saturated carbocycles. The van der Waals surface area contributed by atoms with Crippen LogP contribution in [0.25, 0.3) is 34.7 Å². The van der Waals surface area contributed by atoms with Gasteiger partial charge in [-0.2, -0.15) is 0 Å². The molecule has 0 saturated heterocycles. The number of hydrogen-bond donors (Lipinski definition) is 1. The third-order valence-electron chi connectivity index (χ3n) is 5.48. The predicted molar refractivity (Wildman–Crippen MR) is 133 cm³/mol. The molecule has 0 aliphatic rings. The average molecular weight is 457 g/mol. The number of anilines is 2. The fraction of sp³-hybridized carbons (Fsp3) is 0.148. The first-order valence-corrected chi connectivity index (χ1v) is 10.8. The van der Waals surface area contributed by atoms with Gasteiger partial charge in [0.05, 0.1) is 5.35 Å². The van der Waals surface area contributed by atoms with Crippen LogP contribution >= 0.6 is 0 Å². The van der Waals surface area contributed by atoms with Crippen LogP contribution in [0.4, 0.5) is 16.1 Å². The van der Waals surface area contributed by atoms with Crippen molar-refractivity contribution in [1.82, 2.24) is 14.8 Å². The van der Waals surface area contributed by atoms with E-state index < -0.39 is 0 Å². The minimum absolute atomic E-state index is 0.102. The second-order valence-corrected chi connectivity index (χ2v) is 8.12. The monoisotopic (exact) mass is 456 g/mol. The second-order valence-electron chi connectivity index (χ2n) is 8.12. The minimum atomic E-state index is -0.339. The predicted octanol–water partition coefficient (Wildman–Crippen LogP) is 4.45. The molecule has 4 rings (SSSR count). The Kier molecular flexibility index (Phi) is 6.27. The Morgan fingerprint density at radius 1 is 1.12 bits per heavy atom. The van der Waals surface area contributed by atoms with E-state index in [0.717, 1.165) is 27.3 Å². The fourth-order valence-corrected chi connectivity index (χ4v) is 3.71. The molecule has 0 fully saturated rings. The first-order chi connectivity index (χ1) is 16.3. The number of nitrogens with one attached hydrogen (secondary N) is 1. The number of aryl methyl sites for hydroxylation is 1. The zero-order valence-corrected chi connectivity index (χ0v) is 19.5. The third kappa shape index (κ3) is 4.59. The second kappa shape index (κ2) is 9.31. The number of hydrogen-bond acceptors (Lipinski definition) is 5. The highest BCUT2D eigenvalue weighted by Gasteiger charge is 2.13. The molecular formula is C27H25FN4O2. The molecule has 2 heterocycles. The first-order valence-electron chi connectivity index (χ1n) is 10.8. The number of pyridine rings is 1. The topological polar surface area (TPSA) is 73.0 Å². The van der Waals surface area contributed by atoms with Gasteiger partial charge in [-0.1, -0.05) is 29.4 Å². The van der Waals surface area contributed by atoms with E-state index in [4.69, 9.17) is 4.42 Å². The summed E-state index contributed by atoms with van der Waals surface area (Å²) in [5.41, 5.74) is 4.42. The summed E-state index contributed by atoms with van der Waals surface area (Å²) in [5, 5.41) is 12.9. The minimum Gasteiger partial charge on any atom is -0.403 e. The Labute approximate surface area is 196 Å². The molecule has 6 nitrogen and oxygen atoms in total. The van der Waals surface area contributed by atoms with E-state index in [2.05, 4.69) is 22.1 Å². The van der Waals surface area contributed by atoms with Gasteiger partial charge in [0.25, 0.3) is 5.56 Å². The van der Waals surface area contributed by atoms with Gasteiger partial charge in [0, 0.05) is 23.9 Å². The molecule has 0 amide bonds. The molecule has 34 heavy (non-hydrogen) atoms. The standard InChI is InChI=1S/C27H25FN4O2/c1-6-18-14-23(26(33)32(5)24(18)13-16(2)3)22-15-21(12-7-17(22)4)29-27-31-30-25(34-27)19-8-10-20(28)11-9-19/h6-15H,2H2,1,3-5H3,(H,29,31)/b18-6-,24-13+. The lowest BCUT2D eigenvalue weighted by Gasteiger charge is -2.11. The van der Waals surface area contributed by atoms with E-state index in [9.17, 15) is 9.18 Å². The Morgan fingerprint density at radius 3 is 2.53 bits per heavy atom. The Balaban J connectivity index is 1.73. The van der Waals surface area contributed by atoms with Crippen LogP contribution < -0.4 is 21.4 Å². The van der Waals surface area contributed by atoms with Crippen molar-refractivity contribution in [2.24, 2.45) is 7.05 Å². The molecule has 0 atom stereocenters. The molecule has 7 heteroatoms. The molecule has 0 bridgehead atoms. The van der Waals surface area contributed by atoms with Crippen molar-refractivity contribution in [2.75, 3.05) is 5.32 Å². The summed E-state index contributed by atoms with van der Waals surface area (Å²) < 4.78 is 20.5. The summed E-state index contributed by atoms with van der Waals surface area (Å²) in [7, 11) is 1.76. The quantitative estimate of drug-likeness (QED) is 0.480. The summed E-state index contributed by atoms with van der Waals surface area (Å²) in [6, 6.07) is 13.6. The molecule has 1 N–H and O–H groups in total. The van der Waals surface area contributed by atoms with Gasteiger partial charge >= 0.3 is 6.01 Å². The molecule has 0 unspecified atom stereocenters. The summed E-state index contributed by atoms with van der Waals surface area (Å²) >= 11 is 0. The molecule has 0 aliphatic carbocycles. The number of halogens is 1. The van der Waals surface area contributed by atoms with Crippen LogP contribution in [0.5, 0.6) is 0 Å². The molecule has 172 valence electrons. The van der Waals surface area contributed by atoms with E-state index >= 15 is 0 Å². The van der Waals surface area contributed by atoms with Crippen LogP contribution in [-0.2, 0) is 7.05 Å². The molecular weight excluding hydrogens is 431 g/mol. The first kappa shape index (κ1) is 22.9. The summed E-state index contributed by atoms with van der Waals surface area (Å²) in [5.74, 6) is -0.0644. The Bertz CT molecular complexity index is 1560. The number of rotatable bonds is 5.